The number of hydrogen-bond donors (Lipinski definition) is 2. The number of imidazole rings is 1. The monoisotopic (exact) mass is 331 g/mol. The lowest BCUT2D eigenvalue weighted by molar-refractivity contribution is -0.0255. The molecular formula is C18H25N3O3. The van der Waals surface area contributed by atoms with Crippen molar-refractivity contribution in [3.63, 3.8) is 0 Å². The summed E-state index contributed by atoms with van der Waals surface area (Å²) in [5, 5.41) is 19.6. The predicted octanol–water partition coefficient (Wildman–Crippen LogP) is 1.59. The molecule has 1 aliphatic rings. The molecule has 0 bridgehead atoms. The number of ether oxygens (including phenoxy) is 1. The fourth-order valence-electron chi connectivity index (χ4n) is 3.18. The number of benzene rings is 1. The molecule has 1 aromatic heterocycles. The second-order valence-corrected chi connectivity index (χ2v) is 6.42. The number of aliphatic hydroxyl groups is 2. The topological polar surface area (TPSA) is 70.8 Å². The Morgan fingerprint density at radius 2 is 2.00 bits per heavy atom. The third-order valence-electron chi connectivity index (χ3n) is 4.74. The summed E-state index contributed by atoms with van der Waals surface area (Å²) in [5.41, 5.74) is 0.116. The van der Waals surface area contributed by atoms with Crippen LogP contribution in [0.25, 0.3) is 5.69 Å². The van der Waals surface area contributed by atoms with Crippen molar-refractivity contribution in [2.45, 2.75) is 31.4 Å². The highest BCUT2D eigenvalue weighted by Gasteiger charge is 2.29. The lowest BCUT2D eigenvalue weighted by Crippen LogP contribution is -2.34. The van der Waals surface area contributed by atoms with E-state index in [1.165, 1.54) is 0 Å². The van der Waals surface area contributed by atoms with Gasteiger partial charge in [-0.3, -0.25) is 4.90 Å². The van der Waals surface area contributed by atoms with E-state index in [-0.39, 0.29) is 6.61 Å². The third-order valence-corrected chi connectivity index (χ3v) is 4.74. The Bertz CT molecular complexity index is 656. The Kier molecular flexibility index (Phi) is 5.18. The summed E-state index contributed by atoms with van der Waals surface area (Å²) < 4.78 is 7.28. The lowest BCUT2D eigenvalue weighted by atomic mass is 9.96. The summed E-state index contributed by atoms with van der Waals surface area (Å²) in [5.74, 6) is 1.80. The van der Waals surface area contributed by atoms with Gasteiger partial charge in [0.1, 0.15) is 11.6 Å². The van der Waals surface area contributed by atoms with Gasteiger partial charge in [0, 0.05) is 24.6 Å². The molecule has 2 N–H and O–H groups in total. The summed E-state index contributed by atoms with van der Waals surface area (Å²) in [6.07, 6.45) is 5.88. The second kappa shape index (κ2) is 7.34. The molecule has 1 fully saturated rings. The maximum absolute atomic E-state index is 10.3. The SMILES string of the molecule is COc1ccc(-n2ccnc2CN2CCC[C@@](O)(CO)CC2)cc1. The minimum atomic E-state index is -0.930. The van der Waals surface area contributed by atoms with E-state index in [2.05, 4.69) is 14.5 Å². The molecule has 0 radical (unpaired) electrons. The number of rotatable bonds is 5. The Morgan fingerprint density at radius 1 is 1.21 bits per heavy atom. The van der Waals surface area contributed by atoms with Gasteiger partial charge in [-0.05, 0) is 50.1 Å². The molecule has 0 saturated carbocycles. The molecule has 1 aromatic carbocycles. The summed E-state index contributed by atoms with van der Waals surface area (Å²) in [7, 11) is 1.66. The van der Waals surface area contributed by atoms with Crippen LogP contribution in [0, 0.1) is 0 Å². The van der Waals surface area contributed by atoms with Crippen LogP contribution in [0.4, 0.5) is 0 Å². The maximum atomic E-state index is 10.3. The molecular weight excluding hydrogens is 306 g/mol. The zero-order valence-electron chi connectivity index (χ0n) is 14.1. The van der Waals surface area contributed by atoms with Crippen molar-refractivity contribution in [3.05, 3.63) is 42.5 Å². The van der Waals surface area contributed by atoms with Crippen LogP contribution in [-0.4, -0.2) is 57.1 Å². The van der Waals surface area contributed by atoms with Gasteiger partial charge in [-0.25, -0.2) is 4.98 Å². The second-order valence-electron chi connectivity index (χ2n) is 6.42. The van der Waals surface area contributed by atoms with Crippen LogP contribution in [-0.2, 0) is 6.54 Å². The van der Waals surface area contributed by atoms with Gasteiger partial charge in [-0.1, -0.05) is 0 Å². The minimum absolute atomic E-state index is 0.165. The van der Waals surface area contributed by atoms with Gasteiger partial charge in [0.15, 0.2) is 0 Å². The van der Waals surface area contributed by atoms with Crippen molar-refractivity contribution < 1.29 is 14.9 Å². The van der Waals surface area contributed by atoms with Gasteiger partial charge in [-0.2, -0.15) is 0 Å². The molecule has 1 aliphatic heterocycles. The van der Waals surface area contributed by atoms with E-state index in [0.29, 0.717) is 12.8 Å². The maximum Gasteiger partial charge on any atom is 0.127 e. The van der Waals surface area contributed by atoms with E-state index in [0.717, 1.165) is 43.3 Å². The van der Waals surface area contributed by atoms with Gasteiger partial charge in [0.05, 0.1) is 25.9 Å². The molecule has 24 heavy (non-hydrogen) atoms. The smallest absolute Gasteiger partial charge is 0.127 e. The van der Waals surface area contributed by atoms with Gasteiger partial charge in [0.25, 0.3) is 0 Å². The Labute approximate surface area is 142 Å². The quantitative estimate of drug-likeness (QED) is 0.871. The molecule has 0 amide bonds. The molecule has 0 aliphatic carbocycles. The van der Waals surface area contributed by atoms with Gasteiger partial charge >= 0.3 is 0 Å². The third kappa shape index (κ3) is 3.77. The number of methoxy groups -OCH3 is 1. The molecule has 130 valence electrons. The first-order valence-corrected chi connectivity index (χ1v) is 8.36. The van der Waals surface area contributed by atoms with Crippen molar-refractivity contribution in [1.29, 1.82) is 0 Å². The highest BCUT2D eigenvalue weighted by molar-refractivity contribution is 5.38. The summed E-state index contributed by atoms with van der Waals surface area (Å²) >= 11 is 0. The Hall–Kier alpha value is -1.89. The molecule has 0 unspecified atom stereocenters. The van der Waals surface area contributed by atoms with E-state index in [1.807, 2.05) is 30.5 Å². The molecule has 1 saturated heterocycles. The number of nitrogens with zero attached hydrogens (tertiary/aromatic N) is 3. The molecule has 2 aromatic rings. The zero-order chi connectivity index (χ0) is 17.0. The first-order chi connectivity index (χ1) is 11.6. The number of aliphatic hydroxyl groups excluding tert-OH is 1. The number of likely N-dealkylation sites (tertiary alicyclic amines) is 1. The average molecular weight is 331 g/mol. The van der Waals surface area contributed by atoms with Crippen LogP contribution < -0.4 is 4.74 Å². The summed E-state index contributed by atoms with van der Waals surface area (Å²) in [6.45, 7) is 2.21. The molecule has 1 atom stereocenters. The molecule has 6 nitrogen and oxygen atoms in total. The number of aromatic nitrogens is 2. The largest absolute Gasteiger partial charge is 0.497 e. The van der Waals surface area contributed by atoms with Crippen LogP contribution in [0.5, 0.6) is 5.75 Å². The van der Waals surface area contributed by atoms with E-state index < -0.39 is 5.60 Å². The molecule has 0 spiro atoms. The fraction of sp³-hybridized carbons (Fsp3) is 0.500. The first-order valence-electron chi connectivity index (χ1n) is 8.36. The molecule has 3 rings (SSSR count). The van der Waals surface area contributed by atoms with Crippen molar-refractivity contribution in [1.82, 2.24) is 14.5 Å². The van der Waals surface area contributed by atoms with E-state index in [9.17, 15) is 10.2 Å². The Morgan fingerprint density at radius 3 is 2.71 bits per heavy atom. The summed E-state index contributed by atoms with van der Waals surface area (Å²) in [4.78, 5) is 6.78. The lowest BCUT2D eigenvalue weighted by Gasteiger charge is -2.24. The van der Waals surface area contributed by atoms with E-state index >= 15 is 0 Å². The van der Waals surface area contributed by atoms with Crippen molar-refractivity contribution >= 4 is 0 Å². The first kappa shape index (κ1) is 17.0. The zero-order valence-corrected chi connectivity index (χ0v) is 14.1. The van der Waals surface area contributed by atoms with Crippen LogP contribution in [0.1, 0.15) is 25.1 Å². The van der Waals surface area contributed by atoms with Crippen LogP contribution in [0.2, 0.25) is 0 Å². The van der Waals surface area contributed by atoms with Crippen molar-refractivity contribution in [2.24, 2.45) is 0 Å². The van der Waals surface area contributed by atoms with E-state index in [1.54, 1.807) is 13.3 Å². The van der Waals surface area contributed by atoms with Gasteiger partial charge < -0.3 is 19.5 Å². The van der Waals surface area contributed by atoms with Gasteiger partial charge in [-0.15, -0.1) is 0 Å². The standard InChI is InChI=1S/C18H25N3O3/c1-24-16-5-3-15(4-6-16)21-12-9-19-17(21)13-20-10-2-7-18(23,14-22)8-11-20/h3-6,9,12,22-23H,2,7-8,10-11,13-14H2,1H3/t18-/m0/s1. The highest BCUT2D eigenvalue weighted by Crippen LogP contribution is 2.23. The number of hydrogen-bond acceptors (Lipinski definition) is 5. The molecule has 2 heterocycles. The molecule has 6 heteroatoms. The average Bonchev–Trinajstić information content (AvgIpc) is 2.99. The Balaban J connectivity index is 1.71. The highest BCUT2D eigenvalue weighted by atomic mass is 16.5. The summed E-state index contributed by atoms with van der Waals surface area (Å²) in [6, 6.07) is 7.90. The van der Waals surface area contributed by atoms with Crippen molar-refractivity contribution in [2.75, 3.05) is 26.8 Å². The van der Waals surface area contributed by atoms with Crippen molar-refractivity contribution in [3.8, 4) is 11.4 Å². The van der Waals surface area contributed by atoms with Crippen LogP contribution in [0.15, 0.2) is 36.7 Å². The predicted molar refractivity (Wildman–Crippen MR) is 91.3 cm³/mol. The van der Waals surface area contributed by atoms with Gasteiger partial charge in [0.2, 0.25) is 0 Å². The minimum Gasteiger partial charge on any atom is -0.497 e. The fourth-order valence-corrected chi connectivity index (χ4v) is 3.18. The van der Waals surface area contributed by atoms with Crippen LogP contribution >= 0.6 is 0 Å². The normalized spacial score (nSPS) is 22.3. The van der Waals surface area contributed by atoms with Crippen LogP contribution in [0.3, 0.4) is 0 Å². The van der Waals surface area contributed by atoms with E-state index in [4.69, 9.17) is 4.74 Å².